The van der Waals surface area contributed by atoms with E-state index < -0.39 is 0 Å². The minimum atomic E-state index is 0.723. The summed E-state index contributed by atoms with van der Waals surface area (Å²) >= 11 is 1.95. The smallest absolute Gasteiger partial charge is 0.0328 e. The van der Waals surface area contributed by atoms with Gasteiger partial charge < -0.3 is 5.32 Å². The maximum absolute atomic E-state index is 3.51. The van der Waals surface area contributed by atoms with E-state index in [9.17, 15) is 0 Å². The van der Waals surface area contributed by atoms with Crippen molar-refractivity contribution in [3.8, 4) is 0 Å². The van der Waals surface area contributed by atoms with Gasteiger partial charge in [-0.25, -0.2) is 0 Å². The summed E-state index contributed by atoms with van der Waals surface area (Å²) in [5.74, 6) is 1.47. The van der Waals surface area contributed by atoms with E-state index in [1.165, 1.54) is 16.3 Å². The van der Waals surface area contributed by atoms with Crippen LogP contribution in [0.15, 0.2) is 12.1 Å². The number of hydrogen-bond acceptors (Lipinski definition) is 3. The van der Waals surface area contributed by atoms with Crippen molar-refractivity contribution in [1.82, 2.24) is 10.2 Å². The van der Waals surface area contributed by atoms with Crippen LogP contribution >= 0.6 is 11.3 Å². The molecule has 0 spiro atoms. The molecule has 0 saturated carbocycles. The maximum Gasteiger partial charge on any atom is 0.0328 e. The fourth-order valence-electron chi connectivity index (χ4n) is 2.13. The number of rotatable bonds is 9. The van der Waals surface area contributed by atoms with E-state index in [1.807, 2.05) is 11.3 Å². The second kappa shape index (κ2) is 8.72. The first-order chi connectivity index (χ1) is 9.01. The molecule has 1 aromatic heterocycles. The Balaban J connectivity index is 2.40. The molecule has 0 aliphatic rings. The van der Waals surface area contributed by atoms with E-state index in [4.69, 9.17) is 0 Å². The van der Waals surface area contributed by atoms with Crippen molar-refractivity contribution >= 4 is 11.3 Å². The zero-order chi connectivity index (χ0) is 14.3. The molecule has 3 heteroatoms. The van der Waals surface area contributed by atoms with E-state index >= 15 is 0 Å². The normalized spacial score (nSPS) is 12.0. The van der Waals surface area contributed by atoms with E-state index in [2.05, 4.69) is 57.0 Å². The second-order valence-electron chi connectivity index (χ2n) is 6.11. The Bertz CT molecular complexity index is 344. The van der Waals surface area contributed by atoms with Crippen LogP contribution in [0.5, 0.6) is 0 Å². The molecular formula is C16H30N2S. The van der Waals surface area contributed by atoms with Crippen LogP contribution in [-0.2, 0) is 13.1 Å². The molecule has 0 amide bonds. The maximum atomic E-state index is 3.51. The molecule has 2 nitrogen and oxygen atoms in total. The third-order valence-corrected chi connectivity index (χ3v) is 4.09. The van der Waals surface area contributed by atoms with Gasteiger partial charge in [0.25, 0.3) is 0 Å². The minimum Gasteiger partial charge on any atom is -0.312 e. The Labute approximate surface area is 123 Å². The van der Waals surface area contributed by atoms with Crippen LogP contribution in [0.4, 0.5) is 0 Å². The van der Waals surface area contributed by atoms with Crippen LogP contribution in [0, 0.1) is 11.8 Å². The highest BCUT2D eigenvalue weighted by Gasteiger charge is 2.08. The van der Waals surface area contributed by atoms with Gasteiger partial charge in [0.15, 0.2) is 0 Å². The topological polar surface area (TPSA) is 15.3 Å². The lowest BCUT2D eigenvalue weighted by molar-refractivity contribution is 0.250. The summed E-state index contributed by atoms with van der Waals surface area (Å²) in [6, 6.07) is 4.57. The van der Waals surface area contributed by atoms with Gasteiger partial charge in [-0.1, -0.05) is 34.6 Å². The van der Waals surface area contributed by atoms with Crippen LogP contribution in [0.3, 0.4) is 0 Å². The molecule has 19 heavy (non-hydrogen) atoms. The van der Waals surface area contributed by atoms with Gasteiger partial charge >= 0.3 is 0 Å². The zero-order valence-electron chi connectivity index (χ0n) is 13.2. The summed E-state index contributed by atoms with van der Waals surface area (Å²) in [6.07, 6.45) is 0. The van der Waals surface area contributed by atoms with Crippen molar-refractivity contribution in [3.05, 3.63) is 21.9 Å². The monoisotopic (exact) mass is 282 g/mol. The molecule has 0 saturated heterocycles. The van der Waals surface area contributed by atoms with Crippen LogP contribution in [0.25, 0.3) is 0 Å². The molecule has 0 radical (unpaired) electrons. The van der Waals surface area contributed by atoms with E-state index in [-0.39, 0.29) is 0 Å². The molecule has 0 aliphatic carbocycles. The fraction of sp³-hybridized carbons (Fsp3) is 0.750. The van der Waals surface area contributed by atoms with Gasteiger partial charge in [-0.05, 0) is 37.1 Å². The number of thiophene rings is 1. The molecule has 0 unspecified atom stereocenters. The van der Waals surface area contributed by atoms with Crippen molar-refractivity contribution in [2.24, 2.45) is 11.8 Å². The SMILES string of the molecule is CCN(Cc1ccc(CNCC(C)C)s1)CC(C)C. The molecule has 0 fully saturated rings. The summed E-state index contributed by atoms with van der Waals surface area (Å²) in [5.41, 5.74) is 0. The third-order valence-electron chi connectivity index (χ3n) is 3.02. The number of nitrogens with one attached hydrogen (secondary N) is 1. The summed E-state index contributed by atoms with van der Waals surface area (Å²) in [6.45, 7) is 16.9. The lowest BCUT2D eigenvalue weighted by atomic mass is 10.2. The van der Waals surface area contributed by atoms with Gasteiger partial charge in [-0.2, -0.15) is 0 Å². The summed E-state index contributed by atoms with van der Waals surface area (Å²) in [7, 11) is 0. The lowest BCUT2D eigenvalue weighted by Gasteiger charge is -2.21. The Morgan fingerprint density at radius 3 is 2.37 bits per heavy atom. The van der Waals surface area contributed by atoms with Crippen molar-refractivity contribution < 1.29 is 0 Å². The molecule has 1 heterocycles. The predicted molar refractivity (Wildman–Crippen MR) is 86.7 cm³/mol. The van der Waals surface area contributed by atoms with Crippen molar-refractivity contribution in [2.75, 3.05) is 19.6 Å². The highest BCUT2D eigenvalue weighted by molar-refractivity contribution is 7.11. The average molecular weight is 282 g/mol. The summed E-state index contributed by atoms with van der Waals surface area (Å²) in [5, 5.41) is 3.51. The molecule has 0 bridgehead atoms. The van der Waals surface area contributed by atoms with Crippen molar-refractivity contribution in [2.45, 2.75) is 47.7 Å². The van der Waals surface area contributed by atoms with Gasteiger partial charge in [-0.15, -0.1) is 11.3 Å². The lowest BCUT2D eigenvalue weighted by Crippen LogP contribution is -2.26. The second-order valence-corrected chi connectivity index (χ2v) is 7.37. The van der Waals surface area contributed by atoms with Gasteiger partial charge in [-0.3, -0.25) is 4.90 Å². The summed E-state index contributed by atoms with van der Waals surface area (Å²) < 4.78 is 0. The number of nitrogens with zero attached hydrogens (tertiary/aromatic N) is 1. The Kier molecular flexibility index (Phi) is 7.66. The van der Waals surface area contributed by atoms with Crippen LogP contribution in [-0.4, -0.2) is 24.5 Å². The first-order valence-electron chi connectivity index (χ1n) is 7.51. The average Bonchev–Trinajstić information content (AvgIpc) is 2.75. The summed E-state index contributed by atoms with van der Waals surface area (Å²) in [4.78, 5) is 5.47. The molecule has 1 N–H and O–H groups in total. The van der Waals surface area contributed by atoms with Gasteiger partial charge in [0.1, 0.15) is 0 Å². The number of hydrogen-bond donors (Lipinski definition) is 1. The van der Waals surface area contributed by atoms with E-state index in [1.54, 1.807) is 0 Å². The Hall–Kier alpha value is -0.380. The molecule has 1 aromatic rings. The van der Waals surface area contributed by atoms with Crippen molar-refractivity contribution in [3.63, 3.8) is 0 Å². The quantitative estimate of drug-likeness (QED) is 0.737. The minimum absolute atomic E-state index is 0.723. The van der Waals surface area contributed by atoms with Gasteiger partial charge in [0.2, 0.25) is 0 Å². The first kappa shape index (κ1) is 16.7. The largest absolute Gasteiger partial charge is 0.312 e. The van der Waals surface area contributed by atoms with Crippen LogP contribution < -0.4 is 5.32 Å². The Morgan fingerprint density at radius 2 is 1.79 bits per heavy atom. The Morgan fingerprint density at radius 1 is 1.11 bits per heavy atom. The van der Waals surface area contributed by atoms with E-state index in [0.29, 0.717) is 0 Å². The molecule has 0 aliphatic heterocycles. The van der Waals surface area contributed by atoms with Crippen LogP contribution in [0.1, 0.15) is 44.4 Å². The molecule has 110 valence electrons. The highest BCUT2D eigenvalue weighted by atomic mass is 32.1. The standard InChI is InChI=1S/C16H30N2S/c1-6-18(11-14(4)5)12-16-8-7-15(19-16)10-17-9-13(2)3/h7-8,13-14,17H,6,9-12H2,1-5H3. The van der Waals surface area contributed by atoms with Crippen LogP contribution in [0.2, 0.25) is 0 Å². The molecule has 1 rings (SSSR count). The predicted octanol–water partition coefficient (Wildman–Crippen LogP) is 3.97. The highest BCUT2D eigenvalue weighted by Crippen LogP contribution is 2.18. The van der Waals surface area contributed by atoms with E-state index in [0.717, 1.165) is 38.0 Å². The molecular weight excluding hydrogens is 252 g/mol. The molecule has 0 atom stereocenters. The van der Waals surface area contributed by atoms with Gasteiger partial charge in [0, 0.05) is 29.4 Å². The zero-order valence-corrected chi connectivity index (χ0v) is 14.0. The fourth-order valence-corrected chi connectivity index (χ4v) is 3.16. The van der Waals surface area contributed by atoms with Crippen molar-refractivity contribution in [1.29, 1.82) is 0 Å². The molecule has 0 aromatic carbocycles. The van der Waals surface area contributed by atoms with Gasteiger partial charge in [0.05, 0.1) is 0 Å². The third kappa shape index (κ3) is 7.09. The first-order valence-corrected chi connectivity index (χ1v) is 8.33.